The van der Waals surface area contributed by atoms with Crippen LogP contribution in [0.25, 0.3) is 0 Å². The summed E-state index contributed by atoms with van der Waals surface area (Å²) in [4.78, 5) is 25.3. The van der Waals surface area contributed by atoms with Crippen molar-refractivity contribution in [2.75, 3.05) is 10.6 Å². The average Bonchev–Trinajstić information content (AvgIpc) is 2.92. The van der Waals surface area contributed by atoms with Gasteiger partial charge in [0.1, 0.15) is 5.00 Å². The summed E-state index contributed by atoms with van der Waals surface area (Å²) in [5.41, 5.74) is 7.77. The minimum atomic E-state index is -0.475. The van der Waals surface area contributed by atoms with E-state index < -0.39 is 5.91 Å². The predicted octanol–water partition coefficient (Wildman–Crippen LogP) is 4.01. The Balaban J connectivity index is 1.81. The lowest BCUT2D eigenvalue weighted by molar-refractivity contribution is 0.1000. The van der Waals surface area contributed by atoms with Crippen molar-refractivity contribution in [2.24, 2.45) is 11.7 Å². The van der Waals surface area contributed by atoms with E-state index in [1.165, 1.54) is 16.2 Å². The Bertz CT molecular complexity index is 755. The van der Waals surface area contributed by atoms with Crippen LogP contribution in [-0.2, 0) is 12.8 Å². The molecule has 0 aliphatic heterocycles. The maximum Gasteiger partial charge on any atom is 0.324 e. The van der Waals surface area contributed by atoms with Crippen LogP contribution in [0.5, 0.6) is 0 Å². The van der Waals surface area contributed by atoms with Gasteiger partial charge in [-0.15, -0.1) is 11.3 Å². The topological polar surface area (TPSA) is 84.2 Å². The molecule has 0 saturated carbocycles. The number of carbonyl (C=O) groups excluding carboxylic acids is 2. The molecule has 5 nitrogen and oxygen atoms in total. The van der Waals surface area contributed by atoms with Gasteiger partial charge in [0, 0.05) is 10.6 Å². The molecule has 1 aliphatic carbocycles. The Labute approximate surface area is 145 Å². The molecule has 1 aliphatic rings. The number of carbonyl (C=O) groups is 2. The Morgan fingerprint density at radius 3 is 2.67 bits per heavy atom. The zero-order valence-corrected chi connectivity index (χ0v) is 14.4. The van der Waals surface area contributed by atoms with Crippen molar-refractivity contribution in [3.63, 3.8) is 0 Å². The number of amides is 3. The summed E-state index contributed by atoms with van der Waals surface area (Å²) in [6.07, 6.45) is 4.00. The Hall–Kier alpha value is -2.34. The van der Waals surface area contributed by atoms with Crippen LogP contribution in [0.1, 0.15) is 40.6 Å². The zero-order chi connectivity index (χ0) is 17.1. The predicted molar refractivity (Wildman–Crippen MR) is 97.7 cm³/mol. The van der Waals surface area contributed by atoms with Gasteiger partial charge in [-0.1, -0.05) is 31.5 Å². The molecule has 1 aromatic heterocycles. The molecule has 1 heterocycles. The molecule has 0 radical (unpaired) electrons. The van der Waals surface area contributed by atoms with Crippen molar-refractivity contribution in [3.8, 4) is 0 Å². The maximum absolute atomic E-state index is 12.2. The van der Waals surface area contributed by atoms with Crippen molar-refractivity contribution in [1.29, 1.82) is 0 Å². The van der Waals surface area contributed by atoms with Gasteiger partial charge in [0.25, 0.3) is 5.91 Å². The third kappa shape index (κ3) is 3.43. The molecule has 4 N–H and O–H groups in total. The van der Waals surface area contributed by atoms with Crippen molar-refractivity contribution < 1.29 is 9.59 Å². The van der Waals surface area contributed by atoms with Crippen LogP contribution in [0.2, 0.25) is 0 Å². The fourth-order valence-electron chi connectivity index (χ4n) is 3.14. The highest BCUT2D eigenvalue weighted by atomic mass is 32.1. The zero-order valence-electron chi connectivity index (χ0n) is 13.6. The van der Waals surface area contributed by atoms with Crippen molar-refractivity contribution in [3.05, 3.63) is 46.3 Å². The highest BCUT2D eigenvalue weighted by molar-refractivity contribution is 7.17. The molecule has 0 unspecified atom stereocenters. The number of urea groups is 1. The number of fused-ring (bicyclic) bond motifs is 1. The maximum atomic E-state index is 12.2. The Morgan fingerprint density at radius 2 is 2.00 bits per heavy atom. The highest BCUT2D eigenvalue weighted by Crippen LogP contribution is 2.40. The van der Waals surface area contributed by atoms with E-state index in [4.69, 9.17) is 5.73 Å². The number of nitrogens with one attached hydrogen (secondary N) is 2. The molecule has 0 spiro atoms. The lowest BCUT2D eigenvalue weighted by Crippen LogP contribution is -2.22. The first-order valence-corrected chi connectivity index (χ1v) is 8.97. The number of nitrogens with two attached hydrogens (primary N) is 1. The van der Waals surface area contributed by atoms with Crippen molar-refractivity contribution >= 4 is 34.0 Å². The third-order valence-electron chi connectivity index (χ3n) is 4.45. The van der Waals surface area contributed by atoms with Gasteiger partial charge < -0.3 is 11.1 Å². The lowest BCUT2D eigenvalue weighted by Gasteiger charge is -2.20. The van der Waals surface area contributed by atoms with Gasteiger partial charge in [-0.05, 0) is 42.9 Å². The molecular weight excluding hydrogens is 322 g/mol. The van der Waals surface area contributed by atoms with Gasteiger partial charge >= 0.3 is 6.03 Å². The van der Waals surface area contributed by atoms with Gasteiger partial charge in [-0.2, -0.15) is 0 Å². The first kappa shape index (κ1) is 16.5. The van der Waals surface area contributed by atoms with E-state index in [1.807, 2.05) is 18.2 Å². The highest BCUT2D eigenvalue weighted by Gasteiger charge is 2.28. The molecule has 24 heavy (non-hydrogen) atoms. The molecule has 1 aromatic carbocycles. The van der Waals surface area contributed by atoms with E-state index in [1.54, 1.807) is 12.1 Å². The van der Waals surface area contributed by atoms with Gasteiger partial charge in [-0.25, -0.2) is 4.79 Å². The fraction of sp³-hybridized carbons (Fsp3) is 0.333. The summed E-state index contributed by atoms with van der Waals surface area (Å²) in [5, 5.41) is 6.11. The molecule has 0 bridgehead atoms. The second-order valence-electron chi connectivity index (χ2n) is 6.03. The second-order valence-corrected chi connectivity index (χ2v) is 7.14. The molecule has 1 atom stereocenters. The van der Waals surface area contributed by atoms with Crippen LogP contribution in [0.4, 0.5) is 15.5 Å². The summed E-state index contributed by atoms with van der Waals surface area (Å²) >= 11 is 1.48. The van der Waals surface area contributed by atoms with E-state index in [0.29, 0.717) is 22.2 Å². The summed E-state index contributed by atoms with van der Waals surface area (Å²) in [5.74, 6) is 0.167. The van der Waals surface area contributed by atoms with Crippen LogP contribution in [0.3, 0.4) is 0 Å². The summed E-state index contributed by atoms with van der Waals surface area (Å²) in [6.45, 7) is 2.19. The minimum absolute atomic E-state index is 0.366. The molecule has 6 heteroatoms. The van der Waals surface area contributed by atoms with Crippen LogP contribution >= 0.6 is 11.3 Å². The van der Waals surface area contributed by atoms with Crippen LogP contribution in [0.15, 0.2) is 30.3 Å². The first-order valence-electron chi connectivity index (χ1n) is 8.15. The largest absolute Gasteiger partial charge is 0.365 e. The number of rotatable bonds is 4. The van der Waals surface area contributed by atoms with E-state index in [2.05, 4.69) is 17.6 Å². The molecule has 3 rings (SSSR count). The second kappa shape index (κ2) is 7.05. The normalized spacial score (nSPS) is 16.3. The number of primary amides is 1. The monoisotopic (exact) mass is 343 g/mol. The quantitative estimate of drug-likeness (QED) is 0.784. The molecule has 2 aromatic rings. The van der Waals surface area contributed by atoms with Crippen molar-refractivity contribution in [1.82, 2.24) is 0 Å². The lowest BCUT2D eigenvalue weighted by atomic mass is 9.85. The number of hydrogen-bond acceptors (Lipinski definition) is 3. The number of anilines is 2. The number of thiophene rings is 1. The smallest absolute Gasteiger partial charge is 0.324 e. The van der Waals surface area contributed by atoms with E-state index in [-0.39, 0.29) is 6.03 Å². The third-order valence-corrected chi connectivity index (χ3v) is 5.62. The first-order chi connectivity index (χ1) is 11.6. The number of para-hydroxylation sites is 1. The van der Waals surface area contributed by atoms with E-state index in [9.17, 15) is 9.59 Å². The van der Waals surface area contributed by atoms with Gasteiger partial charge in [0.2, 0.25) is 0 Å². The fourth-order valence-corrected chi connectivity index (χ4v) is 4.50. The van der Waals surface area contributed by atoms with Crippen LogP contribution in [-0.4, -0.2) is 11.9 Å². The molecular formula is C18H21N3O2S. The standard InChI is InChI=1S/C18H21N3O2S/c1-2-11-8-9-13-14(10-11)24-17(15(13)16(19)22)21-18(23)20-12-6-4-3-5-7-12/h3-7,11H,2,8-10H2,1H3,(H2,19,22)(H2,20,21,23)/t11-/m0/s1. The van der Waals surface area contributed by atoms with Gasteiger partial charge in [-0.3, -0.25) is 10.1 Å². The Morgan fingerprint density at radius 1 is 1.25 bits per heavy atom. The Kier molecular flexibility index (Phi) is 4.85. The molecule has 126 valence electrons. The number of benzene rings is 1. The van der Waals surface area contributed by atoms with Crippen LogP contribution in [0, 0.1) is 5.92 Å². The SMILES string of the molecule is CC[C@H]1CCc2c(sc(NC(=O)Nc3ccccc3)c2C(N)=O)C1. The molecule has 3 amide bonds. The summed E-state index contributed by atoms with van der Waals surface area (Å²) in [7, 11) is 0. The minimum Gasteiger partial charge on any atom is -0.365 e. The number of hydrogen-bond donors (Lipinski definition) is 3. The molecule has 0 saturated heterocycles. The van der Waals surface area contributed by atoms with E-state index in [0.717, 1.165) is 31.2 Å². The van der Waals surface area contributed by atoms with Gasteiger partial charge in [0.05, 0.1) is 5.56 Å². The summed E-state index contributed by atoms with van der Waals surface area (Å²) in [6, 6.07) is 8.82. The molecule has 0 fully saturated rings. The van der Waals surface area contributed by atoms with Crippen LogP contribution < -0.4 is 16.4 Å². The average molecular weight is 343 g/mol. The van der Waals surface area contributed by atoms with E-state index >= 15 is 0 Å². The summed E-state index contributed by atoms with van der Waals surface area (Å²) < 4.78 is 0. The van der Waals surface area contributed by atoms with Crippen molar-refractivity contribution in [2.45, 2.75) is 32.6 Å². The van der Waals surface area contributed by atoms with Gasteiger partial charge in [0.15, 0.2) is 0 Å².